The van der Waals surface area contributed by atoms with E-state index in [4.69, 9.17) is 11.6 Å². The van der Waals surface area contributed by atoms with Crippen molar-refractivity contribution in [3.63, 3.8) is 0 Å². The summed E-state index contributed by atoms with van der Waals surface area (Å²) in [5, 5.41) is 0.717. The quantitative estimate of drug-likeness (QED) is 0.767. The van der Waals surface area contributed by atoms with Crippen LogP contribution >= 0.6 is 11.6 Å². The summed E-state index contributed by atoms with van der Waals surface area (Å²) in [4.78, 5) is 13.7. The maximum absolute atomic E-state index is 11.3. The van der Waals surface area contributed by atoms with E-state index < -0.39 is 0 Å². The van der Waals surface area contributed by atoms with Crippen molar-refractivity contribution in [2.75, 3.05) is 11.4 Å². The Kier molecular flexibility index (Phi) is 3.79. The lowest BCUT2D eigenvalue weighted by Crippen LogP contribution is -2.35. The lowest BCUT2D eigenvalue weighted by molar-refractivity contribution is 0.112. The monoisotopic (exact) mass is 277 g/mol. The predicted molar refractivity (Wildman–Crippen MR) is 79.2 cm³/mol. The Bertz CT molecular complexity index is 468. The summed E-state index contributed by atoms with van der Waals surface area (Å²) < 4.78 is 0. The highest BCUT2D eigenvalue weighted by molar-refractivity contribution is 6.34. The third-order valence-corrected chi connectivity index (χ3v) is 4.98. The van der Waals surface area contributed by atoms with Crippen molar-refractivity contribution in [1.29, 1.82) is 0 Å². The number of rotatable bonds is 3. The number of hydrogen-bond acceptors (Lipinski definition) is 2. The van der Waals surface area contributed by atoms with Crippen LogP contribution in [0.4, 0.5) is 5.69 Å². The zero-order valence-corrected chi connectivity index (χ0v) is 11.9. The molecule has 1 heterocycles. The zero-order valence-electron chi connectivity index (χ0n) is 11.1. The van der Waals surface area contributed by atoms with E-state index in [0.717, 1.165) is 35.0 Å². The van der Waals surface area contributed by atoms with E-state index >= 15 is 0 Å². The van der Waals surface area contributed by atoms with E-state index in [1.165, 1.54) is 38.5 Å². The average Bonchev–Trinajstić information content (AvgIpc) is 3.08. The molecule has 2 fully saturated rings. The molecule has 0 aromatic heterocycles. The Hall–Kier alpha value is -1.02. The first kappa shape index (κ1) is 13.0. The van der Waals surface area contributed by atoms with Crippen molar-refractivity contribution in [2.45, 2.75) is 44.6 Å². The number of carbonyl (C=O) groups is 1. The minimum atomic E-state index is 0.584. The smallest absolute Gasteiger partial charge is 0.152 e. The molecule has 1 unspecified atom stereocenters. The average molecular weight is 278 g/mol. The summed E-state index contributed by atoms with van der Waals surface area (Å²) in [7, 11) is 0. The van der Waals surface area contributed by atoms with Gasteiger partial charge in [0.2, 0.25) is 0 Å². The molecule has 1 aromatic carbocycles. The molecule has 102 valence electrons. The van der Waals surface area contributed by atoms with Crippen molar-refractivity contribution >= 4 is 23.6 Å². The molecule has 0 bridgehead atoms. The SMILES string of the molecule is O=Cc1cccc(Cl)c1N1CCCC1C1CCCC1. The molecule has 0 N–H and O–H groups in total. The van der Waals surface area contributed by atoms with E-state index in [-0.39, 0.29) is 0 Å². The van der Waals surface area contributed by atoms with Crippen molar-refractivity contribution < 1.29 is 4.79 Å². The molecule has 1 saturated carbocycles. The number of anilines is 1. The Morgan fingerprint density at radius 3 is 2.68 bits per heavy atom. The number of halogens is 1. The topological polar surface area (TPSA) is 20.3 Å². The molecule has 1 aliphatic heterocycles. The van der Waals surface area contributed by atoms with E-state index in [2.05, 4.69) is 4.90 Å². The van der Waals surface area contributed by atoms with Gasteiger partial charge in [-0.1, -0.05) is 30.5 Å². The molecule has 0 spiro atoms. The van der Waals surface area contributed by atoms with Gasteiger partial charge in [0.25, 0.3) is 0 Å². The van der Waals surface area contributed by atoms with Crippen molar-refractivity contribution in [1.82, 2.24) is 0 Å². The molecule has 2 nitrogen and oxygen atoms in total. The standard InChI is InChI=1S/C16H20ClNO/c17-14-8-3-7-13(11-19)16(14)18-10-4-9-15(18)12-5-1-2-6-12/h3,7-8,11-12,15H,1-2,4-6,9-10H2. The molecular formula is C16H20ClNO. The van der Waals surface area contributed by atoms with Crippen LogP contribution in [0, 0.1) is 5.92 Å². The normalized spacial score (nSPS) is 24.1. The van der Waals surface area contributed by atoms with Gasteiger partial charge in [-0.2, -0.15) is 0 Å². The van der Waals surface area contributed by atoms with Gasteiger partial charge in [-0.3, -0.25) is 4.79 Å². The first-order valence-electron chi connectivity index (χ1n) is 7.31. The molecule has 0 amide bonds. The molecule has 1 aliphatic carbocycles. The minimum absolute atomic E-state index is 0.584. The number of benzene rings is 1. The second kappa shape index (κ2) is 5.54. The Labute approximate surface area is 119 Å². The molecule has 2 aliphatic rings. The Morgan fingerprint density at radius 2 is 1.95 bits per heavy atom. The number of carbonyl (C=O) groups excluding carboxylic acids is 1. The molecule has 1 atom stereocenters. The first-order chi connectivity index (χ1) is 9.31. The number of nitrogens with zero attached hydrogens (tertiary/aromatic N) is 1. The highest BCUT2D eigenvalue weighted by atomic mass is 35.5. The van der Waals surface area contributed by atoms with Crippen LogP contribution in [0.3, 0.4) is 0 Å². The Balaban J connectivity index is 1.94. The van der Waals surface area contributed by atoms with Gasteiger partial charge < -0.3 is 4.90 Å². The highest BCUT2D eigenvalue weighted by Crippen LogP contribution is 2.40. The van der Waals surface area contributed by atoms with E-state index in [1.54, 1.807) is 0 Å². The lowest BCUT2D eigenvalue weighted by Gasteiger charge is -2.32. The van der Waals surface area contributed by atoms with Crippen LogP contribution in [-0.4, -0.2) is 18.9 Å². The molecular weight excluding hydrogens is 258 g/mol. The lowest BCUT2D eigenvalue weighted by atomic mass is 9.95. The summed E-state index contributed by atoms with van der Waals surface area (Å²) in [5.41, 5.74) is 1.70. The fraction of sp³-hybridized carbons (Fsp3) is 0.562. The van der Waals surface area contributed by atoms with Crippen LogP contribution in [0.5, 0.6) is 0 Å². The van der Waals surface area contributed by atoms with Crippen molar-refractivity contribution in [3.05, 3.63) is 28.8 Å². The van der Waals surface area contributed by atoms with Crippen LogP contribution in [0.25, 0.3) is 0 Å². The van der Waals surface area contributed by atoms with Gasteiger partial charge in [0, 0.05) is 18.2 Å². The third kappa shape index (κ3) is 2.38. The third-order valence-electron chi connectivity index (χ3n) is 4.68. The van der Waals surface area contributed by atoms with Crippen molar-refractivity contribution in [3.8, 4) is 0 Å². The number of hydrogen-bond donors (Lipinski definition) is 0. The van der Waals surface area contributed by atoms with Gasteiger partial charge in [-0.05, 0) is 43.7 Å². The molecule has 3 heteroatoms. The molecule has 1 saturated heterocycles. The summed E-state index contributed by atoms with van der Waals surface area (Å²) in [6.07, 6.45) is 8.78. The van der Waals surface area contributed by atoms with Crippen LogP contribution in [0.15, 0.2) is 18.2 Å². The largest absolute Gasteiger partial charge is 0.366 e. The molecule has 3 rings (SSSR count). The van der Waals surface area contributed by atoms with Crippen LogP contribution in [0.2, 0.25) is 5.02 Å². The highest BCUT2D eigenvalue weighted by Gasteiger charge is 2.34. The van der Waals surface area contributed by atoms with E-state index in [1.807, 2.05) is 18.2 Å². The predicted octanol–water partition coefficient (Wildman–Crippen LogP) is 4.31. The second-order valence-electron chi connectivity index (χ2n) is 5.74. The van der Waals surface area contributed by atoms with Gasteiger partial charge in [0.15, 0.2) is 6.29 Å². The van der Waals surface area contributed by atoms with Gasteiger partial charge in [0.05, 0.1) is 10.7 Å². The molecule has 0 radical (unpaired) electrons. The van der Waals surface area contributed by atoms with Gasteiger partial charge in [-0.15, -0.1) is 0 Å². The zero-order chi connectivity index (χ0) is 13.2. The minimum Gasteiger partial charge on any atom is -0.366 e. The van der Waals surface area contributed by atoms with E-state index in [0.29, 0.717) is 6.04 Å². The van der Waals surface area contributed by atoms with Gasteiger partial charge >= 0.3 is 0 Å². The van der Waals surface area contributed by atoms with Crippen LogP contribution in [0.1, 0.15) is 48.9 Å². The van der Waals surface area contributed by atoms with Gasteiger partial charge in [-0.25, -0.2) is 0 Å². The maximum Gasteiger partial charge on any atom is 0.152 e. The number of aldehydes is 1. The second-order valence-corrected chi connectivity index (χ2v) is 6.15. The first-order valence-corrected chi connectivity index (χ1v) is 7.69. The molecule has 19 heavy (non-hydrogen) atoms. The maximum atomic E-state index is 11.3. The van der Waals surface area contributed by atoms with Crippen LogP contribution < -0.4 is 4.90 Å². The van der Waals surface area contributed by atoms with E-state index in [9.17, 15) is 4.79 Å². The summed E-state index contributed by atoms with van der Waals surface area (Å²) in [6, 6.07) is 6.21. The summed E-state index contributed by atoms with van der Waals surface area (Å²) in [6.45, 7) is 1.03. The fourth-order valence-corrected chi connectivity index (χ4v) is 4.12. The summed E-state index contributed by atoms with van der Waals surface area (Å²) in [5.74, 6) is 0.790. The van der Waals surface area contributed by atoms with Crippen LogP contribution in [-0.2, 0) is 0 Å². The summed E-state index contributed by atoms with van der Waals surface area (Å²) >= 11 is 6.36. The Morgan fingerprint density at radius 1 is 1.16 bits per heavy atom. The number of para-hydroxylation sites is 1. The van der Waals surface area contributed by atoms with Gasteiger partial charge in [0.1, 0.15) is 0 Å². The fourth-order valence-electron chi connectivity index (χ4n) is 3.83. The molecule has 1 aromatic rings. The van der Waals surface area contributed by atoms with Crippen molar-refractivity contribution in [2.24, 2.45) is 5.92 Å².